The number of amidine groups is 1. The van der Waals surface area contributed by atoms with Gasteiger partial charge in [-0.25, -0.2) is 0 Å². The highest BCUT2D eigenvalue weighted by Crippen LogP contribution is 2.31. The van der Waals surface area contributed by atoms with E-state index in [9.17, 15) is 13.2 Å². The Labute approximate surface area is 148 Å². The average Bonchev–Trinajstić information content (AvgIpc) is 3.18. The summed E-state index contributed by atoms with van der Waals surface area (Å²) >= 11 is 0. The Balaban J connectivity index is 1.71. The van der Waals surface area contributed by atoms with Crippen molar-refractivity contribution >= 4 is 21.8 Å². The Morgan fingerprint density at radius 1 is 1.28 bits per heavy atom. The van der Waals surface area contributed by atoms with Crippen LogP contribution in [0.25, 0.3) is 0 Å². The van der Waals surface area contributed by atoms with E-state index in [1.807, 2.05) is 4.90 Å². The molecule has 0 aliphatic carbocycles. The zero-order chi connectivity index (χ0) is 17.9. The first-order chi connectivity index (χ1) is 12.0. The fraction of sp³-hybridized carbons (Fsp3) is 0.529. The van der Waals surface area contributed by atoms with Crippen molar-refractivity contribution in [3.63, 3.8) is 0 Å². The number of rotatable bonds is 6. The molecule has 2 heterocycles. The van der Waals surface area contributed by atoms with E-state index in [0.29, 0.717) is 30.9 Å². The van der Waals surface area contributed by atoms with E-state index in [2.05, 4.69) is 22.0 Å². The van der Waals surface area contributed by atoms with Crippen LogP contribution in [0.2, 0.25) is 0 Å². The molecule has 1 aromatic carbocycles. The lowest BCUT2D eigenvalue weighted by Gasteiger charge is -2.25. The van der Waals surface area contributed by atoms with E-state index in [1.54, 1.807) is 24.3 Å². The smallest absolute Gasteiger partial charge is 0.285 e. The molecule has 0 bridgehead atoms. The molecule has 136 valence electrons. The van der Waals surface area contributed by atoms with E-state index in [-0.39, 0.29) is 16.8 Å². The maximum absolute atomic E-state index is 12.5. The summed E-state index contributed by atoms with van der Waals surface area (Å²) in [4.78, 5) is 14.6. The van der Waals surface area contributed by atoms with Crippen LogP contribution >= 0.6 is 0 Å². The fourth-order valence-corrected chi connectivity index (χ4v) is 4.50. The van der Waals surface area contributed by atoms with Gasteiger partial charge in [0, 0.05) is 25.2 Å². The first kappa shape index (κ1) is 17.9. The number of nitrogens with zero attached hydrogens (tertiary/aromatic N) is 2. The molecule has 0 radical (unpaired) electrons. The quantitative estimate of drug-likeness (QED) is 0.726. The molecule has 3 rings (SSSR count). The summed E-state index contributed by atoms with van der Waals surface area (Å²) in [5.74, 6) is 0.331. The first-order valence-electron chi connectivity index (χ1n) is 8.74. The van der Waals surface area contributed by atoms with Gasteiger partial charge in [-0.05, 0) is 37.9 Å². The topological polar surface area (TPSA) is 90.9 Å². The van der Waals surface area contributed by atoms with Crippen molar-refractivity contribution in [2.45, 2.75) is 37.1 Å². The lowest BCUT2D eigenvalue weighted by atomic mass is 10.1. The van der Waals surface area contributed by atoms with Crippen molar-refractivity contribution in [3.05, 3.63) is 29.8 Å². The standard InChI is InChI=1S/C17H24N4O3S/c1-2-9-18-10-11-19-17(22)14-7-5-12-21(14)16-13-6-3-4-8-15(13)25(23,24)20-16/h3-4,6,8,14,18H,2,5,7,9-12H2,1H3,(H,19,22). The maximum Gasteiger partial charge on any atom is 0.285 e. The number of carbonyl (C=O) groups is 1. The van der Waals surface area contributed by atoms with Crippen LogP contribution in [0.4, 0.5) is 0 Å². The van der Waals surface area contributed by atoms with Crippen molar-refractivity contribution in [2.75, 3.05) is 26.2 Å². The lowest BCUT2D eigenvalue weighted by Crippen LogP contribution is -2.47. The summed E-state index contributed by atoms with van der Waals surface area (Å²) in [6, 6.07) is 6.42. The second-order valence-corrected chi connectivity index (χ2v) is 7.85. The van der Waals surface area contributed by atoms with E-state index < -0.39 is 10.0 Å². The van der Waals surface area contributed by atoms with Gasteiger partial charge in [-0.2, -0.15) is 8.42 Å². The number of sulfonamides is 1. The van der Waals surface area contributed by atoms with Gasteiger partial charge in [-0.3, -0.25) is 4.79 Å². The zero-order valence-electron chi connectivity index (χ0n) is 14.4. The number of amides is 1. The molecule has 1 unspecified atom stereocenters. The number of carbonyl (C=O) groups excluding carboxylic acids is 1. The molecule has 2 N–H and O–H groups in total. The molecule has 1 amide bonds. The zero-order valence-corrected chi connectivity index (χ0v) is 15.2. The largest absolute Gasteiger partial charge is 0.353 e. The third-order valence-corrected chi connectivity index (χ3v) is 5.79. The molecule has 7 nitrogen and oxygen atoms in total. The maximum atomic E-state index is 12.5. The van der Waals surface area contributed by atoms with Crippen LogP contribution in [0.1, 0.15) is 31.7 Å². The Hall–Kier alpha value is -1.93. The molecular formula is C17H24N4O3S. The van der Waals surface area contributed by atoms with Gasteiger partial charge >= 0.3 is 0 Å². The van der Waals surface area contributed by atoms with Crippen molar-refractivity contribution < 1.29 is 13.2 Å². The minimum Gasteiger partial charge on any atom is -0.353 e. The van der Waals surface area contributed by atoms with Gasteiger partial charge in [-0.1, -0.05) is 19.1 Å². The second kappa shape index (κ2) is 7.53. The van der Waals surface area contributed by atoms with Gasteiger partial charge in [0.25, 0.3) is 10.0 Å². The second-order valence-electron chi connectivity index (χ2n) is 6.28. The van der Waals surface area contributed by atoms with Crippen molar-refractivity contribution in [1.29, 1.82) is 0 Å². The fourth-order valence-electron chi connectivity index (χ4n) is 3.28. The van der Waals surface area contributed by atoms with Gasteiger partial charge in [0.05, 0.1) is 0 Å². The number of hydrogen-bond acceptors (Lipinski definition) is 5. The van der Waals surface area contributed by atoms with E-state index >= 15 is 0 Å². The highest BCUT2D eigenvalue weighted by atomic mass is 32.2. The average molecular weight is 364 g/mol. The Morgan fingerprint density at radius 2 is 2.08 bits per heavy atom. The molecule has 2 aliphatic heterocycles. The van der Waals surface area contributed by atoms with Gasteiger partial charge in [0.15, 0.2) is 5.84 Å². The molecule has 0 aromatic heterocycles. The van der Waals surface area contributed by atoms with E-state index in [1.165, 1.54) is 0 Å². The van der Waals surface area contributed by atoms with Crippen LogP contribution in [-0.4, -0.2) is 57.3 Å². The van der Waals surface area contributed by atoms with Crippen LogP contribution in [0.15, 0.2) is 33.6 Å². The summed E-state index contributed by atoms with van der Waals surface area (Å²) in [5, 5.41) is 6.17. The van der Waals surface area contributed by atoms with Crippen LogP contribution in [0.3, 0.4) is 0 Å². The first-order valence-corrected chi connectivity index (χ1v) is 10.2. The molecule has 8 heteroatoms. The highest BCUT2D eigenvalue weighted by molar-refractivity contribution is 7.90. The lowest BCUT2D eigenvalue weighted by molar-refractivity contribution is -0.124. The monoisotopic (exact) mass is 364 g/mol. The summed E-state index contributed by atoms with van der Waals surface area (Å²) in [6.45, 7) is 4.94. The number of hydrogen-bond donors (Lipinski definition) is 2. The highest BCUT2D eigenvalue weighted by Gasteiger charge is 2.38. The van der Waals surface area contributed by atoms with Gasteiger partial charge in [0.1, 0.15) is 10.9 Å². The molecular weight excluding hydrogens is 340 g/mol. The summed E-state index contributed by atoms with van der Waals surface area (Å²) in [6.07, 6.45) is 2.60. The summed E-state index contributed by atoms with van der Waals surface area (Å²) < 4.78 is 28.4. The van der Waals surface area contributed by atoms with Gasteiger partial charge in [0.2, 0.25) is 5.91 Å². The van der Waals surface area contributed by atoms with Crippen LogP contribution in [0, 0.1) is 0 Å². The van der Waals surface area contributed by atoms with E-state index in [4.69, 9.17) is 0 Å². The normalized spacial score (nSPS) is 21.1. The van der Waals surface area contributed by atoms with Gasteiger partial charge in [-0.15, -0.1) is 4.40 Å². The molecule has 0 spiro atoms. The Morgan fingerprint density at radius 3 is 2.88 bits per heavy atom. The van der Waals surface area contributed by atoms with Crippen LogP contribution < -0.4 is 10.6 Å². The summed E-state index contributed by atoms with van der Waals surface area (Å²) in [7, 11) is -3.66. The molecule has 0 saturated carbocycles. The minimum absolute atomic E-state index is 0.0692. The van der Waals surface area contributed by atoms with Crippen LogP contribution in [-0.2, 0) is 14.8 Å². The third kappa shape index (κ3) is 3.69. The predicted molar refractivity (Wildman–Crippen MR) is 96.1 cm³/mol. The van der Waals surface area contributed by atoms with Gasteiger partial charge < -0.3 is 15.5 Å². The Bertz CT molecular complexity index is 776. The number of benzene rings is 1. The molecule has 2 aliphatic rings. The summed E-state index contributed by atoms with van der Waals surface area (Å²) in [5.41, 5.74) is 0.590. The minimum atomic E-state index is -3.66. The van der Waals surface area contributed by atoms with E-state index in [0.717, 1.165) is 25.9 Å². The van der Waals surface area contributed by atoms with Crippen molar-refractivity contribution in [1.82, 2.24) is 15.5 Å². The number of likely N-dealkylation sites (tertiary alicyclic amines) is 1. The third-order valence-electron chi connectivity index (χ3n) is 4.47. The van der Waals surface area contributed by atoms with Crippen molar-refractivity contribution in [3.8, 4) is 0 Å². The Kier molecular flexibility index (Phi) is 5.39. The predicted octanol–water partition coefficient (Wildman–Crippen LogP) is 0.716. The molecule has 1 atom stereocenters. The molecule has 1 fully saturated rings. The number of nitrogens with one attached hydrogen (secondary N) is 2. The molecule has 1 saturated heterocycles. The molecule has 25 heavy (non-hydrogen) atoms. The molecule has 1 aromatic rings. The SMILES string of the molecule is CCCNCCNC(=O)C1CCCN1C1=NS(=O)(=O)c2ccccc21. The van der Waals surface area contributed by atoms with Crippen LogP contribution in [0.5, 0.6) is 0 Å². The van der Waals surface area contributed by atoms with Crippen molar-refractivity contribution in [2.24, 2.45) is 4.40 Å². The number of fused-ring (bicyclic) bond motifs is 1.